The van der Waals surface area contributed by atoms with Crippen molar-refractivity contribution in [2.24, 2.45) is 0 Å². The van der Waals surface area contributed by atoms with Gasteiger partial charge in [0.25, 0.3) is 0 Å². The Hall–Kier alpha value is -1.75. The molecule has 4 N–H and O–H groups in total. The molecule has 0 unspecified atom stereocenters. The highest BCUT2D eigenvalue weighted by atomic mass is 32.1. The molecule has 4 nitrogen and oxygen atoms in total. The van der Waals surface area contributed by atoms with E-state index in [2.05, 4.69) is 0 Å². The van der Waals surface area contributed by atoms with Crippen LogP contribution in [0.1, 0.15) is 10.4 Å². The van der Waals surface area contributed by atoms with E-state index in [4.69, 9.17) is 10.8 Å². The number of benzene rings is 1. The quantitative estimate of drug-likeness (QED) is 0.626. The lowest BCUT2D eigenvalue weighted by molar-refractivity contribution is 0.0698. The summed E-state index contributed by atoms with van der Waals surface area (Å²) in [5.74, 6) is -0.998. The van der Waals surface area contributed by atoms with Crippen LogP contribution in [0.25, 0.3) is 10.1 Å². The number of anilines is 1. The van der Waals surface area contributed by atoms with Crippen molar-refractivity contribution in [1.82, 2.24) is 0 Å². The fourth-order valence-electron chi connectivity index (χ4n) is 1.26. The molecular weight excluding hydrogens is 202 g/mol. The van der Waals surface area contributed by atoms with Crippen LogP contribution in [-0.2, 0) is 0 Å². The van der Waals surface area contributed by atoms with E-state index in [1.165, 1.54) is 17.4 Å². The third-order valence-corrected chi connectivity index (χ3v) is 2.89. The van der Waals surface area contributed by atoms with Crippen molar-refractivity contribution in [3.63, 3.8) is 0 Å². The summed E-state index contributed by atoms with van der Waals surface area (Å²) < 4.78 is 0.782. The van der Waals surface area contributed by atoms with Gasteiger partial charge in [-0.25, -0.2) is 4.79 Å². The van der Waals surface area contributed by atoms with Crippen LogP contribution in [0.4, 0.5) is 5.69 Å². The highest BCUT2D eigenvalue weighted by Crippen LogP contribution is 2.34. The second-order valence-corrected chi connectivity index (χ2v) is 3.77. The molecule has 0 aliphatic rings. The Labute approximate surface area is 83.2 Å². The van der Waals surface area contributed by atoms with Crippen LogP contribution in [0.5, 0.6) is 5.75 Å². The van der Waals surface area contributed by atoms with E-state index in [0.717, 1.165) is 4.70 Å². The summed E-state index contributed by atoms with van der Waals surface area (Å²) in [7, 11) is 0. The number of hydrogen-bond acceptors (Lipinski definition) is 4. The lowest BCUT2D eigenvalue weighted by Gasteiger charge is -2.00. The molecule has 0 saturated heterocycles. The Kier molecular flexibility index (Phi) is 1.82. The molecule has 72 valence electrons. The van der Waals surface area contributed by atoms with Crippen LogP contribution in [-0.4, -0.2) is 16.2 Å². The third kappa shape index (κ3) is 1.18. The Morgan fingerprint density at radius 2 is 2.14 bits per heavy atom. The van der Waals surface area contributed by atoms with Gasteiger partial charge in [-0.15, -0.1) is 11.3 Å². The summed E-state index contributed by atoms with van der Waals surface area (Å²) in [6.45, 7) is 0. The van der Waals surface area contributed by atoms with Crippen LogP contribution < -0.4 is 5.73 Å². The molecule has 2 aromatic rings. The molecule has 0 fully saturated rings. The second-order valence-electron chi connectivity index (χ2n) is 2.86. The van der Waals surface area contributed by atoms with Gasteiger partial charge in [-0.2, -0.15) is 0 Å². The van der Waals surface area contributed by atoms with Crippen molar-refractivity contribution in [2.75, 3.05) is 5.73 Å². The zero-order chi connectivity index (χ0) is 10.3. The first-order valence-corrected chi connectivity index (χ1v) is 4.70. The largest absolute Gasteiger partial charge is 0.506 e. The van der Waals surface area contributed by atoms with Crippen molar-refractivity contribution < 1.29 is 15.0 Å². The van der Waals surface area contributed by atoms with E-state index >= 15 is 0 Å². The fraction of sp³-hybridized carbons (Fsp3) is 0. The van der Waals surface area contributed by atoms with E-state index < -0.39 is 5.97 Å². The maximum Gasteiger partial charge on any atom is 0.337 e. The van der Waals surface area contributed by atoms with Crippen molar-refractivity contribution in [3.05, 3.63) is 23.1 Å². The van der Waals surface area contributed by atoms with Crippen molar-refractivity contribution in [2.45, 2.75) is 0 Å². The van der Waals surface area contributed by atoms with Crippen molar-refractivity contribution in [1.29, 1.82) is 0 Å². The minimum absolute atomic E-state index is 0.0196. The van der Waals surface area contributed by atoms with E-state index in [9.17, 15) is 9.90 Å². The highest BCUT2D eigenvalue weighted by Gasteiger charge is 2.12. The summed E-state index contributed by atoms with van der Waals surface area (Å²) in [6, 6.07) is 2.95. The van der Waals surface area contributed by atoms with Gasteiger partial charge in [-0.05, 0) is 12.1 Å². The summed E-state index contributed by atoms with van der Waals surface area (Å²) in [4.78, 5) is 10.7. The molecule has 0 bridgehead atoms. The molecule has 2 rings (SSSR count). The smallest absolute Gasteiger partial charge is 0.337 e. The molecule has 0 spiro atoms. The maximum absolute atomic E-state index is 10.7. The number of thiophene rings is 1. The monoisotopic (exact) mass is 209 g/mol. The molecular formula is C9H7NO3S. The molecule has 0 atom stereocenters. The summed E-state index contributed by atoms with van der Waals surface area (Å²) in [5, 5.41) is 20.3. The number of nitrogen functional groups attached to an aromatic ring is 1. The number of carboxylic acids is 1. The van der Waals surface area contributed by atoms with Gasteiger partial charge < -0.3 is 15.9 Å². The van der Waals surface area contributed by atoms with Gasteiger partial charge >= 0.3 is 5.97 Å². The number of carboxylic acid groups (broad SMARTS) is 1. The summed E-state index contributed by atoms with van der Waals surface area (Å²) >= 11 is 1.33. The van der Waals surface area contributed by atoms with Gasteiger partial charge in [0.2, 0.25) is 0 Å². The fourth-order valence-corrected chi connectivity index (χ4v) is 2.11. The average Bonchev–Trinajstić information content (AvgIpc) is 2.46. The first-order valence-electron chi connectivity index (χ1n) is 3.82. The number of aromatic hydroxyl groups is 1. The highest BCUT2D eigenvalue weighted by molar-refractivity contribution is 7.17. The van der Waals surface area contributed by atoms with E-state index in [-0.39, 0.29) is 17.0 Å². The van der Waals surface area contributed by atoms with Crippen LogP contribution >= 0.6 is 11.3 Å². The van der Waals surface area contributed by atoms with Crippen LogP contribution in [0, 0.1) is 0 Å². The molecule has 1 aromatic heterocycles. The zero-order valence-electron chi connectivity index (χ0n) is 7.02. The predicted molar refractivity (Wildman–Crippen MR) is 54.9 cm³/mol. The topological polar surface area (TPSA) is 83.5 Å². The molecule has 0 saturated carbocycles. The number of aromatic carboxylic acids is 1. The Balaban J connectivity index is 2.80. The molecule has 1 aromatic carbocycles. The van der Waals surface area contributed by atoms with Gasteiger partial charge in [0.15, 0.2) is 0 Å². The first-order chi connectivity index (χ1) is 6.59. The minimum Gasteiger partial charge on any atom is -0.506 e. The lowest BCUT2D eigenvalue weighted by Crippen LogP contribution is -2.01. The number of nitrogens with two attached hydrogens (primary N) is 1. The standard InChI is InChI=1S/C9H7NO3S/c10-6-2-8-5(7(11)3-14-8)1-4(6)9(12)13/h1-3,11H,10H2,(H,12,13). The minimum atomic E-state index is -1.09. The van der Waals surface area contributed by atoms with Crippen LogP contribution in [0.3, 0.4) is 0 Å². The third-order valence-electron chi connectivity index (χ3n) is 1.96. The Bertz CT molecular complexity index is 518. The molecule has 1 heterocycles. The van der Waals surface area contributed by atoms with E-state index in [0.29, 0.717) is 5.39 Å². The van der Waals surface area contributed by atoms with Gasteiger partial charge in [-0.1, -0.05) is 0 Å². The molecule has 14 heavy (non-hydrogen) atoms. The second kappa shape index (κ2) is 2.88. The van der Waals surface area contributed by atoms with Gasteiger partial charge in [-0.3, -0.25) is 0 Å². The number of rotatable bonds is 1. The molecule has 0 radical (unpaired) electrons. The average molecular weight is 209 g/mol. The first kappa shape index (κ1) is 8.83. The predicted octanol–water partition coefficient (Wildman–Crippen LogP) is 1.89. The SMILES string of the molecule is Nc1cc2scc(O)c2cc1C(=O)O. The Morgan fingerprint density at radius 1 is 1.43 bits per heavy atom. The number of fused-ring (bicyclic) bond motifs is 1. The van der Waals surface area contributed by atoms with Gasteiger partial charge in [0, 0.05) is 21.2 Å². The number of hydrogen-bond donors (Lipinski definition) is 3. The van der Waals surface area contributed by atoms with Crippen molar-refractivity contribution in [3.8, 4) is 5.75 Å². The van der Waals surface area contributed by atoms with Crippen LogP contribution in [0.15, 0.2) is 17.5 Å². The van der Waals surface area contributed by atoms with Gasteiger partial charge in [0.05, 0.1) is 5.56 Å². The molecule has 0 amide bonds. The normalized spacial score (nSPS) is 10.6. The van der Waals surface area contributed by atoms with Crippen molar-refractivity contribution >= 4 is 33.1 Å². The summed E-state index contributed by atoms with van der Waals surface area (Å²) in [6.07, 6.45) is 0. The van der Waals surface area contributed by atoms with Crippen LogP contribution in [0.2, 0.25) is 0 Å². The number of carbonyl (C=O) groups is 1. The Morgan fingerprint density at radius 3 is 2.79 bits per heavy atom. The summed E-state index contributed by atoms with van der Waals surface area (Å²) in [5.41, 5.74) is 5.78. The van der Waals surface area contributed by atoms with Gasteiger partial charge in [0.1, 0.15) is 5.75 Å². The van der Waals surface area contributed by atoms with E-state index in [1.807, 2.05) is 0 Å². The maximum atomic E-state index is 10.7. The zero-order valence-corrected chi connectivity index (χ0v) is 7.84. The lowest BCUT2D eigenvalue weighted by atomic mass is 10.1. The van der Waals surface area contributed by atoms with E-state index in [1.54, 1.807) is 11.4 Å². The molecule has 5 heteroatoms. The molecule has 0 aliphatic carbocycles. The molecule has 0 aliphatic heterocycles.